The van der Waals surface area contributed by atoms with Gasteiger partial charge in [0.25, 0.3) is 0 Å². The van der Waals surface area contributed by atoms with Crippen molar-refractivity contribution < 1.29 is 9.47 Å². The lowest BCUT2D eigenvalue weighted by Gasteiger charge is -2.19. The van der Waals surface area contributed by atoms with E-state index in [-0.39, 0.29) is 5.41 Å². The molecule has 0 N–H and O–H groups in total. The molecule has 1 aromatic carbocycles. The fourth-order valence-electron chi connectivity index (χ4n) is 1.15. The zero-order valence-corrected chi connectivity index (χ0v) is 11.1. The van der Waals surface area contributed by atoms with E-state index in [4.69, 9.17) is 21.1 Å². The van der Waals surface area contributed by atoms with Crippen molar-refractivity contribution in [1.29, 1.82) is 0 Å². The van der Waals surface area contributed by atoms with Gasteiger partial charge in [0.15, 0.2) is 0 Å². The molecule has 3 heteroatoms. The van der Waals surface area contributed by atoms with Crippen LogP contribution >= 0.6 is 11.6 Å². The van der Waals surface area contributed by atoms with E-state index in [1.165, 1.54) is 0 Å². The summed E-state index contributed by atoms with van der Waals surface area (Å²) in [5.41, 5.74) is 0.116. The minimum Gasteiger partial charge on any atom is -0.494 e. The highest BCUT2D eigenvalue weighted by Crippen LogP contribution is 2.30. The smallest absolute Gasteiger partial charge is 0.141 e. The van der Waals surface area contributed by atoms with Gasteiger partial charge >= 0.3 is 0 Å². The Morgan fingerprint density at radius 3 is 2.44 bits per heavy atom. The minimum absolute atomic E-state index is 0.116. The van der Waals surface area contributed by atoms with Gasteiger partial charge in [0.2, 0.25) is 0 Å². The number of hydrogen-bond donors (Lipinski definition) is 0. The first kappa shape index (κ1) is 13.2. The van der Waals surface area contributed by atoms with Gasteiger partial charge in [-0.15, -0.1) is 0 Å². The second-order valence-corrected chi connectivity index (χ2v) is 5.28. The first-order valence-corrected chi connectivity index (χ1v) is 5.85. The van der Waals surface area contributed by atoms with E-state index in [9.17, 15) is 0 Å². The molecule has 0 heterocycles. The molecule has 16 heavy (non-hydrogen) atoms. The Labute approximate surface area is 103 Å². The van der Waals surface area contributed by atoms with E-state index < -0.39 is 0 Å². The SMILES string of the molecule is CCOc1ccc(Cl)c(OCC(C)(C)C)c1. The van der Waals surface area contributed by atoms with Crippen molar-refractivity contribution in [3.63, 3.8) is 0 Å². The van der Waals surface area contributed by atoms with E-state index >= 15 is 0 Å². The third kappa shape index (κ3) is 4.31. The third-order valence-corrected chi connectivity index (χ3v) is 2.19. The molecule has 0 spiro atoms. The van der Waals surface area contributed by atoms with Crippen LogP contribution in [0, 0.1) is 5.41 Å². The molecule has 0 radical (unpaired) electrons. The van der Waals surface area contributed by atoms with Crippen LogP contribution in [-0.4, -0.2) is 13.2 Å². The molecular formula is C13H19ClO2. The van der Waals surface area contributed by atoms with E-state index in [0.717, 1.165) is 5.75 Å². The second kappa shape index (κ2) is 5.44. The number of rotatable bonds is 4. The van der Waals surface area contributed by atoms with Gasteiger partial charge in [-0.3, -0.25) is 0 Å². The minimum atomic E-state index is 0.116. The maximum atomic E-state index is 6.04. The highest BCUT2D eigenvalue weighted by molar-refractivity contribution is 6.32. The molecule has 2 nitrogen and oxygen atoms in total. The maximum Gasteiger partial charge on any atom is 0.141 e. The summed E-state index contributed by atoms with van der Waals surface area (Å²) in [5.74, 6) is 1.47. The van der Waals surface area contributed by atoms with Crippen molar-refractivity contribution in [3.05, 3.63) is 23.2 Å². The third-order valence-electron chi connectivity index (χ3n) is 1.87. The molecule has 0 atom stereocenters. The Bertz CT molecular complexity index is 342. The standard InChI is InChI=1S/C13H19ClO2/c1-5-15-10-6-7-11(14)12(8-10)16-9-13(2,3)4/h6-8H,5,9H2,1-4H3. The second-order valence-electron chi connectivity index (χ2n) is 4.87. The van der Waals surface area contributed by atoms with E-state index in [1.54, 1.807) is 6.07 Å². The quantitative estimate of drug-likeness (QED) is 0.789. The summed E-state index contributed by atoms with van der Waals surface area (Å²) < 4.78 is 11.1. The fourth-order valence-corrected chi connectivity index (χ4v) is 1.32. The van der Waals surface area contributed by atoms with Gasteiger partial charge in [-0.1, -0.05) is 32.4 Å². The van der Waals surface area contributed by atoms with Crippen LogP contribution in [0.4, 0.5) is 0 Å². The van der Waals surface area contributed by atoms with Crippen molar-refractivity contribution >= 4 is 11.6 Å². The fraction of sp³-hybridized carbons (Fsp3) is 0.538. The molecule has 0 unspecified atom stereocenters. The van der Waals surface area contributed by atoms with Crippen LogP contribution in [0.25, 0.3) is 0 Å². The van der Waals surface area contributed by atoms with Gasteiger partial charge in [-0.25, -0.2) is 0 Å². The van der Waals surface area contributed by atoms with Crippen LogP contribution < -0.4 is 9.47 Å². The van der Waals surface area contributed by atoms with Crippen LogP contribution in [0.15, 0.2) is 18.2 Å². The summed E-state index contributed by atoms with van der Waals surface area (Å²) in [7, 11) is 0. The van der Waals surface area contributed by atoms with Crippen molar-refractivity contribution in [2.75, 3.05) is 13.2 Å². The molecule has 1 rings (SSSR count). The highest BCUT2D eigenvalue weighted by Gasteiger charge is 2.12. The van der Waals surface area contributed by atoms with E-state index in [1.807, 2.05) is 19.1 Å². The number of hydrogen-bond acceptors (Lipinski definition) is 2. The highest BCUT2D eigenvalue weighted by atomic mass is 35.5. The number of ether oxygens (including phenoxy) is 2. The van der Waals surface area contributed by atoms with Crippen LogP contribution in [0.1, 0.15) is 27.7 Å². The summed E-state index contributed by atoms with van der Waals surface area (Å²) in [4.78, 5) is 0. The first-order valence-electron chi connectivity index (χ1n) is 5.47. The number of benzene rings is 1. The first-order chi connectivity index (χ1) is 7.42. The lowest BCUT2D eigenvalue weighted by molar-refractivity contribution is 0.197. The summed E-state index contributed by atoms with van der Waals surface area (Å²) in [5, 5.41) is 0.618. The van der Waals surface area contributed by atoms with Crippen LogP contribution in [0.5, 0.6) is 11.5 Å². The predicted molar refractivity (Wildman–Crippen MR) is 67.6 cm³/mol. The van der Waals surface area contributed by atoms with E-state index in [2.05, 4.69) is 20.8 Å². The zero-order valence-electron chi connectivity index (χ0n) is 10.3. The van der Waals surface area contributed by atoms with Gasteiger partial charge in [0.1, 0.15) is 11.5 Å². The van der Waals surface area contributed by atoms with Gasteiger partial charge in [-0.2, -0.15) is 0 Å². The molecule has 0 aromatic heterocycles. The topological polar surface area (TPSA) is 18.5 Å². The predicted octanol–water partition coefficient (Wildman–Crippen LogP) is 4.16. The maximum absolute atomic E-state index is 6.04. The van der Waals surface area contributed by atoms with Crippen molar-refractivity contribution in [1.82, 2.24) is 0 Å². The summed E-state index contributed by atoms with van der Waals surface area (Å²) in [6.45, 7) is 9.57. The summed E-state index contributed by atoms with van der Waals surface area (Å²) in [6, 6.07) is 5.47. The number of halogens is 1. The average Bonchev–Trinajstić information content (AvgIpc) is 2.18. The normalized spacial score (nSPS) is 11.3. The van der Waals surface area contributed by atoms with Gasteiger partial charge in [0.05, 0.1) is 18.2 Å². The van der Waals surface area contributed by atoms with Crippen molar-refractivity contribution in [2.45, 2.75) is 27.7 Å². The Hall–Kier alpha value is -0.890. The average molecular weight is 243 g/mol. The molecule has 0 saturated carbocycles. The Balaban J connectivity index is 2.74. The van der Waals surface area contributed by atoms with Crippen molar-refractivity contribution in [3.8, 4) is 11.5 Å². The Morgan fingerprint density at radius 1 is 1.19 bits per heavy atom. The molecular weight excluding hydrogens is 224 g/mol. The van der Waals surface area contributed by atoms with Crippen LogP contribution in [0.2, 0.25) is 5.02 Å². The Kier molecular flexibility index (Phi) is 4.48. The van der Waals surface area contributed by atoms with Crippen LogP contribution in [0.3, 0.4) is 0 Å². The summed E-state index contributed by atoms with van der Waals surface area (Å²) in [6.07, 6.45) is 0. The lowest BCUT2D eigenvalue weighted by Crippen LogP contribution is -2.17. The van der Waals surface area contributed by atoms with Crippen LogP contribution in [-0.2, 0) is 0 Å². The molecule has 0 saturated heterocycles. The molecule has 0 aliphatic rings. The molecule has 0 fully saturated rings. The van der Waals surface area contributed by atoms with Crippen molar-refractivity contribution in [2.24, 2.45) is 5.41 Å². The lowest BCUT2D eigenvalue weighted by atomic mass is 9.99. The van der Waals surface area contributed by atoms with Gasteiger partial charge in [-0.05, 0) is 24.5 Å². The van der Waals surface area contributed by atoms with Gasteiger partial charge < -0.3 is 9.47 Å². The zero-order chi connectivity index (χ0) is 12.2. The molecule has 0 bridgehead atoms. The van der Waals surface area contributed by atoms with Gasteiger partial charge in [0, 0.05) is 6.07 Å². The Morgan fingerprint density at radius 2 is 1.88 bits per heavy atom. The van der Waals surface area contributed by atoms with E-state index in [0.29, 0.717) is 24.0 Å². The largest absolute Gasteiger partial charge is 0.494 e. The molecule has 0 amide bonds. The monoisotopic (exact) mass is 242 g/mol. The summed E-state index contributed by atoms with van der Waals surface area (Å²) >= 11 is 6.04. The molecule has 0 aliphatic carbocycles. The molecule has 0 aliphatic heterocycles. The molecule has 1 aromatic rings. The molecule has 90 valence electrons.